The van der Waals surface area contributed by atoms with Gasteiger partial charge in [-0.05, 0) is 76.9 Å². The second-order valence-electron chi connectivity index (χ2n) is 4.66. The van der Waals surface area contributed by atoms with Crippen LogP contribution >= 0.6 is 38.5 Å². The minimum Gasteiger partial charge on any atom is -0.497 e. The summed E-state index contributed by atoms with van der Waals surface area (Å²) in [6.07, 6.45) is 1.88. The number of hydrogen-bond donors (Lipinski definition) is 1. The molecular formula is C16H17BrINO. The summed E-state index contributed by atoms with van der Waals surface area (Å²) in [6.45, 7) is 0. The van der Waals surface area contributed by atoms with Crippen LogP contribution in [-0.2, 0) is 6.42 Å². The lowest BCUT2D eigenvalue weighted by molar-refractivity contribution is 0.414. The summed E-state index contributed by atoms with van der Waals surface area (Å²) in [5, 5.41) is 0. The van der Waals surface area contributed by atoms with Gasteiger partial charge in [0.15, 0.2) is 0 Å². The Kier molecular flexibility index (Phi) is 5.86. The number of ether oxygens (including phenoxy) is 1. The van der Waals surface area contributed by atoms with E-state index in [1.54, 1.807) is 7.11 Å². The summed E-state index contributed by atoms with van der Waals surface area (Å²) < 4.78 is 7.45. The van der Waals surface area contributed by atoms with E-state index in [0.717, 1.165) is 23.1 Å². The first-order valence-electron chi connectivity index (χ1n) is 6.43. The molecule has 2 N–H and O–H groups in total. The second kappa shape index (κ2) is 7.43. The maximum Gasteiger partial charge on any atom is 0.118 e. The van der Waals surface area contributed by atoms with Crippen LogP contribution in [0.2, 0.25) is 0 Å². The van der Waals surface area contributed by atoms with Crippen molar-refractivity contribution in [3.8, 4) is 5.75 Å². The summed E-state index contributed by atoms with van der Waals surface area (Å²) in [7, 11) is 1.68. The van der Waals surface area contributed by atoms with E-state index in [1.807, 2.05) is 12.1 Å². The van der Waals surface area contributed by atoms with Gasteiger partial charge in [-0.2, -0.15) is 0 Å². The Bertz CT molecular complexity index is 571. The maximum atomic E-state index is 6.31. The second-order valence-corrected chi connectivity index (χ2v) is 6.76. The molecule has 0 saturated carbocycles. The van der Waals surface area contributed by atoms with Gasteiger partial charge in [-0.25, -0.2) is 0 Å². The van der Waals surface area contributed by atoms with Crippen LogP contribution < -0.4 is 10.5 Å². The number of rotatable bonds is 5. The molecule has 2 aromatic rings. The summed E-state index contributed by atoms with van der Waals surface area (Å²) in [4.78, 5) is 0. The monoisotopic (exact) mass is 445 g/mol. The number of aryl methyl sites for hydroxylation is 1. The van der Waals surface area contributed by atoms with Crippen molar-refractivity contribution in [3.63, 3.8) is 0 Å². The molecule has 0 bridgehead atoms. The highest BCUT2D eigenvalue weighted by Crippen LogP contribution is 2.27. The SMILES string of the molecule is COc1ccc(CCC(N)c2cc(I)ccc2Br)cc1. The van der Waals surface area contributed by atoms with E-state index in [2.05, 4.69) is 68.9 Å². The van der Waals surface area contributed by atoms with Crippen LogP contribution in [0.25, 0.3) is 0 Å². The molecule has 0 aliphatic heterocycles. The van der Waals surface area contributed by atoms with Gasteiger partial charge in [0.1, 0.15) is 5.75 Å². The standard InChI is InChI=1S/C16H17BrINO/c1-20-13-6-2-11(3-7-13)4-9-16(19)14-10-12(18)5-8-15(14)17/h2-3,5-8,10,16H,4,9,19H2,1H3. The van der Waals surface area contributed by atoms with Crippen molar-refractivity contribution < 1.29 is 4.74 Å². The van der Waals surface area contributed by atoms with Crippen molar-refractivity contribution in [1.82, 2.24) is 0 Å². The highest BCUT2D eigenvalue weighted by Gasteiger charge is 2.10. The Hall–Kier alpha value is -0.590. The Morgan fingerprint density at radius 3 is 2.55 bits per heavy atom. The molecule has 0 radical (unpaired) electrons. The predicted molar refractivity (Wildman–Crippen MR) is 95.1 cm³/mol. The van der Waals surface area contributed by atoms with E-state index in [9.17, 15) is 0 Å². The average Bonchev–Trinajstić information content (AvgIpc) is 2.47. The molecule has 4 heteroatoms. The van der Waals surface area contributed by atoms with Crippen molar-refractivity contribution in [1.29, 1.82) is 0 Å². The molecule has 0 fully saturated rings. The van der Waals surface area contributed by atoms with E-state index in [-0.39, 0.29) is 6.04 Å². The van der Waals surface area contributed by atoms with E-state index < -0.39 is 0 Å². The summed E-state index contributed by atoms with van der Waals surface area (Å²) in [5.74, 6) is 0.887. The van der Waals surface area contributed by atoms with Gasteiger partial charge in [0.05, 0.1) is 7.11 Å². The molecule has 0 aliphatic rings. The van der Waals surface area contributed by atoms with Gasteiger partial charge in [-0.15, -0.1) is 0 Å². The molecule has 0 aromatic heterocycles. The fourth-order valence-corrected chi connectivity index (χ4v) is 3.12. The first kappa shape index (κ1) is 15.8. The summed E-state index contributed by atoms with van der Waals surface area (Å²) in [6, 6.07) is 14.5. The highest BCUT2D eigenvalue weighted by atomic mass is 127. The fourth-order valence-electron chi connectivity index (χ4n) is 2.07. The molecule has 1 unspecified atom stereocenters. The van der Waals surface area contributed by atoms with Gasteiger partial charge >= 0.3 is 0 Å². The maximum absolute atomic E-state index is 6.31. The third-order valence-electron chi connectivity index (χ3n) is 3.26. The zero-order chi connectivity index (χ0) is 14.5. The molecule has 0 spiro atoms. The molecule has 106 valence electrons. The lowest BCUT2D eigenvalue weighted by atomic mass is 10.00. The lowest BCUT2D eigenvalue weighted by Gasteiger charge is -2.14. The first-order chi connectivity index (χ1) is 9.60. The smallest absolute Gasteiger partial charge is 0.118 e. The molecule has 2 aromatic carbocycles. The van der Waals surface area contributed by atoms with E-state index in [0.29, 0.717) is 0 Å². The van der Waals surface area contributed by atoms with Crippen LogP contribution in [0.5, 0.6) is 5.75 Å². The van der Waals surface area contributed by atoms with Crippen molar-refractivity contribution >= 4 is 38.5 Å². The number of methoxy groups -OCH3 is 1. The zero-order valence-electron chi connectivity index (χ0n) is 11.3. The van der Waals surface area contributed by atoms with Crippen LogP contribution in [0, 0.1) is 3.57 Å². The Labute approximate surface area is 142 Å². The Morgan fingerprint density at radius 2 is 1.90 bits per heavy atom. The molecule has 20 heavy (non-hydrogen) atoms. The third-order valence-corrected chi connectivity index (χ3v) is 4.65. The molecular weight excluding hydrogens is 429 g/mol. The minimum atomic E-state index is 0.0428. The predicted octanol–water partition coefficient (Wildman–Crippen LogP) is 4.69. The van der Waals surface area contributed by atoms with E-state index in [1.165, 1.54) is 14.7 Å². The largest absolute Gasteiger partial charge is 0.497 e. The van der Waals surface area contributed by atoms with Crippen LogP contribution in [0.15, 0.2) is 46.9 Å². The number of benzene rings is 2. The highest BCUT2D eigenvalue weighted by molar-refractivity contribution is 14.1. The van der Waals surface area contributed by atoms with Crippen molar-refractivity contribution in [3.05, 3.63) is 61.6 Å². The van der Waals surface area contributed by atoms with Crippen molar-refractivity contribution in [2.75, 3.05) is 7.11 Å². The fraction of sp³-hybridized carbons (Fsp3) is 0.250. The molecule has 2 rings (SSSR count). The number of hydrogen-bond acceptors (Lipinski definition) is 2. The third kappa shape index (κ3) is 4.20. The van der Waals surface area contributed by atoms with Gasteiger partial charge in [0.2, 0.25) is 0 Å². The molecule has 0 aliphatic carbocycles. The Morgan fingerprint density at radius 1 is 1.20 bits per heavy atom. The van der Waals surface area contributed by atoms with Crippen LogP contribution in [0.3, 0.4) is 0 Å². The Balaban J connectivity index is 2.00. The van der Waals surface area contributed by atoms with Gasteiger partial charge in [0.25, 0.3) is 0 Å². The minimum absolute atomic E-state index is 0.0428. The topological polar surface area (TPSA) is 35.2 Å². The van der Waals surface area contributed by atoms with Crippen LogP contribution in [0.1, 0.15) is 23.6 Å². The summed E-state index contributed by atoms with van der Waals surface area (Å²) in [5.41, 5.74) is 8.76. The van der Waals surface area contributed by atoms with Gasteiger partial charge < -0.3 is 10.5 Å². The first-order valence-corrected chi connectivity index (χ1v) is 8.31. The van der Waals surface area contributed by atoms with Gasteiger partial charge in [0, 0.05) is 14.1 Å². The molecule has 0 heterocycles. The van der Waals surface area contributed by atoms with Crippen molar-refractivity contribution in [2.45, 2.75) is 18.9 Å². The lowest BCUT2D eigenvalue weighted by Crippen LogP contribution is -2.12. The molecule has 1 atom stereocenters. The average molecular weight is 446 g/mol. The molecule has 0 amide bonds. The number of halogens is 2. The van der Waals surface area contributed by atoms with Gasteiger partial charge in [-0.3, -0.25) is 0 Å². The van der Waals surface area contributed by atoms with Crippen LogP contribution in [-0.4, -0.2) is 7.11 Å². The molecule has 0 saturated heterocycles. The van der Waals surface area contributed by atoms with E-state index >= 15 is 0 Å². The zero-order valence-corrected chi connectivity index (χ0v) is 15.0. The number of nitrogens with two attached hydrogens (primary N) is 1. The van der Waals surface area contributed by atoms with Crippen molar-refractivity contribution in [2.24, 2.45) is 5.73 Å². The van der Waals surface area contributed by atoms with E-state index in [4.69, 9.17) is 10.5 Å². The quantitative estimate of drug-likeness (QED) is 0.677. The molecule has 2 nitrogen and oxygen atoms in total. The van der Waals surface area contributed by atoms with Gasteiger partial charge in [-0.1, -0.05) is 28.1 Å². The van der Waals surface area contributed by atoms with Crippen LogP contribution in [0.4, 0.5) is 0 Å². The normalized spacial score (nSPS) is 12.2. The summed E-state index contributed by atoms with van der Waals surface area (Å²) >= 11 is 5.89.